The van der Waals surface area contributed by atoms with Crippen LogP contribution in [0.25, 0.3) is 5.69 Å². The van der Waals surface area contributed by atoms with Crippen LogP contribution in [0.1, 0.15) is 13.8 Å². The Bertz CT molecular complexity index is 548. The van der Waals surface area contributed by atoms with Crippen LogP contribution < -0.4 is 11.1 Å². The van der Waals surface area contributed by atoms with Crippen molar-refractivity contribution < 1.29 is 4.79 Å². The van der Waals surface area contributed by atoms with Gasteiger partial charge in [-0.2, -0.15) is 5.10 Å². The smallest absolute Gasteiger partial charge is 0.241 e. The number of para-hydroxylation sites is 2. The molecule has 100 valence electrons. The Kier molecular flexibility index (Phi) is 3.97. The molecule has 0 aliphatic carbocycles. The van der Waals surface area contributed by atoms with E-state index in [0.717, 1.165) is 5.69 Å². The lowest BCUT2D eigenvalue weighted by Gasteiger charge is -2.17. The maximum atomic E-state index is 12.0. The summed E-state index contributed by atoms with van der Waals surface area (Å²) < 4.78 is 1.70. The maximum absolute atomic E-state index is 12.0. The second-order valence-electron chi connectivity index (χ2n) is 4.73. The first-order chi connectivity index (χ1) is 9.09. The molecule has 1 heterocycles. The minimum Gasteiger partial charge on any atom is -0.323 e. The van der Waals surface area contributed by atoms with Crippen LogP contribution in [0.4, 0.5) is 5.69 Å². The summed E-state index contributed by atoms with van der Waals surface area (Å²) >= 11 is 0. The molecule has 2 aromatic rings. The number of carbonyl (C=O) groups excluding carboxylic acids is 1. The average molecular weight is 258 g/mol. The molecule has 0 saturated heterocycles. The Morgan fingerprint density at radius 1 is 1.32 bits per heavy atom. The number of aromatic nitrogens is 2. The van der Waals surface area contributed by atoms with E-state index in [1.165, 1.54) is 0 Å². The summed E-state index contributed by atoms with van der Waals surface area (Å²) in [5, 5.41) is 7.02. The molecular formula is C14H18N4O. The average Bonchev–Trinajstić information content (AvgIpc) is 2.92. The number of nitrogens with zero attached hydrogens (tertiary/aromatic N) is 2. The number of carbonyl (C=O) groups is 1. The van der Waals surface area contributed by atoms with Gasteiger partial charge in [0.05, 0.1) is 17.4 Å². The largest absolute Gasteiger partial charge is 0.323 e. The lowest BCUT2D eigenvalue weighted by molar-refractivity contribution is -0.118. The highest BCUT2D eigenvalue weighted by molar-refractivity contribution is 5.96. The Morgan fingerprint density at radius 3 is 2.68 bits per heavy atom. The van der Waals surface area contributed by atoms with Gasteiger partial charge in [-0.1, -0.05) is 26.0 Å². The molecule has 0 saturated carbocycles. The number of hydrogen-bond acceptors (Lipinski definition) is 3. The van der Waals surface area contributed by atoms with Crippen LogP contribution in [0.5, 0.6) is 0 Å². The summed E-state index contributed by atoms with van der Waals surface area (Å²) in [6.07, 6.45) is 3.52. The van der Waals surface area contributed by atoms with Crippen LogP contribution >= 0.6 is 0 Å². The number of nitrogens with two attached hydrogens (primary N) is 1. The molecule has 0 aliphatic heterocycles. The first kappa shape index (κ1) is 13.3. The number of benzene rings is 1. The summed E-state index contributed by atoms with van der Waals surface area (Å²) in [6.45, 7) is 3.84. The Hall–Kier alpha value is -2.14. The van der Waals surface area contributed by atoms with E-state index in [2.05, 4.69) is 10.4 Å². The van der Waals surface area contributed by atoms with Crippen molar-refractivity contribution in [3.05, 3.63) is 42.7 Å². The fourth-order valence-corrected chi connectivity index (χ4v) is 1.71. The van der Waals surface area contributed by atoms with Crippen LogP contribution in [0.3, 0.4) is 0 Å². The van der Waals surface area contributed by atoms with Gasteiger partial charge in [-0.3, -0.25) is 4.79 Å². The normalized spacial score (nSPS) is 12.4. The predicted molar refractivity (Wildman–Crippen MR) is 75.0 cm³/mol. The third-order valence-corrected chi connectivity index (χ3v) is 2.93. The lowest BCUT2D eigenvalue weighted by atomic mass is 10.0. The van der Waals surface area contributed by atoms with Crippen LogP contribution in [0, 0.1) is 5.92 Å². The number of amides is 1. The van der Waals surface area contributed by atoms with Crippen molar-refractivity contribution in [1.29, 1.82) is 0 Å². The number of nitrogens with one attached hydrogen (secondary N) is 1. The molecule has 0 aliphatic rings. The van der Waals surface area contributed by atoms with E-state index in [4.69, 9.17) is 5.73 Å². The number of anilines is 1. The second kappa shape index (κ2) is 5.67. The first-order valence-corrected chi connectivity index (χ1v) is 6.25. The summed E-state index contributed by atoms with van der Waals surface area (Å²) in [5.41, 5.74) is 7.36. The first-order valence-electron chi connectivity index (χ1n) is 6.25. The van der Waals surface area contributed by atoms with Gasteiger partial charge in [-0.25, -0.2) is 4.68 Å². The third kappa shape index (κ3) is 3.00. The van der Waals surface area contributed by atoms with Gasteiger partial charge in [-0.05, 0) is 24.1 Å². The molecule has 1 atom stereocenters. The zero-order chi connectivity index (χ0) is 13.8. The van der Waals surface area contributed by atoms with E-state index in [-0.39, 0.29) is 11.8 Å². The standard InChI is InChI=1S/C14H18N4O/c1-10(2)13(15)14(19)17-11-6-3-4-7-12(11)18-9-5-8-16-18/h3-10,13H,15H2,1-2H3,(H,17,19). The van der Waals surface area contributed by atoms with Gasteiger partial charge in [0.1, 0.15) is 0 Å². The molecule has 19 heavy (non-hydrogen) atoms. The molecule has 1 aromatic heterocycles. The maximum Gasteiger partial charge on any atom is 0.241 e. The van der Waals surface area contributed by atoms with Gasteiger partial charge in [0.2, 0.25) is 5.91 Å². The van der Waals surface area contributed by atoms with E-state index >= 15 is 0 Å². The van der Waals surface area contributed by atoms with Crippen molar-refractivity contribution in [1.82, 2.24) is 9.78 Å². The molecule has 0 spiro atoms. The van der Waals surface area contributed by atoms with Crippen LogP contribution in [0.15, 0.2) is 42.7 Å². The lowest BCUT2D eigenvalue weighted by Crippen LogP contribution is -2.39. The molecule has 3 N–H and O–H groups in total. The monoisotopic (exact) mass is 258 g/mol. The van der Waals surface area contributed by atoms with Gasteiger partial charge in [0.25, 0.3) is 0 Å². The van der Waals surface area contributed by atoms with Crippen molar-refractivity contribution in [2.45, 2.75) is 19.9 Å². The third-order valence-electron chi connectivity index (χ3n) is 2.93. The highest BCUT2D eigenvalue weighted by Gasteiger charge is 2.18. The number of hydrogen-bond donors (Lipinski definition) is 2. The fraction of sp³-hybridized carbons (Fsp3) is 0.286. The minimum absolute atomic E-state index is 0.0943. The molecule has 1 aromatic carbocycles. The van der Waals surface area contributed by atoms with E-state index in [0.29, 0.717) is 5.69 Å². The molecule has 5 heteroatoms. The molecule has 1 amide bonds. The second-order valence-corrected chi connectivity index (χ2v) is 4.73. The van der Waals surface area contributed by atoms with Gasteiger partial charge < -0.3 is 11.1 Å². The molecular weight excluding hydrogens is 240 g/mol. The zero-order valence-electron chi connectivity index (χ0n) is 11.1. The summed E-state index contributed by atoms with van der Waals surface area (Å²) in [7, 11) is 0. The highest BCUT2D eigenvalue weighted by atomic mass is 16.2. The van der Waals surface area contributed by atoms with Gasteiger partial charge in [-0.15, -0.1) is 0 Å². The Labute approximate surface area is 112 Å². The molecule has 0 fully saturated rings. The summed E-state index contributed by atoms with van der Waals surface area (Å²) in [5.74, 6) is -0.0912. The van der Waals surface area contributed by atoms with Crippen molar-refractivity contribution in [2.24, 2.45) is 11.7 Å². The van der Waals surface area contributed by atoms with E-state index < -0.39 is 6.04 Å². The van der Waals surface area contributed by atoms with Gasteiger partial charge >= 0.3 is 0 Å². The van der Waals surface area contributed by atoms with E-state index in [1.807, 2.05) is 50.4 Å². The van der Waals surface area contributed by atoms with E-state index in [1.54, 1.807) is 10.9 Å². The number of rotatable bonds is 4. The van der Waals surface area contributed by atoms with Crippen molar-refractivity contribution in [2.75, 3.05) is 5.32 Å². The van der Waals surface area contributed by atoms with Crippen LogP contribution in [-0.2, 0) is 4.79 Å². The SMILES string of the molecule is CC(C)C(N)C(=O)Nc1ccccc1-n1cccn1. The fourth-order valence-electron chi connectivity index (χ4n) is 1.71. The molecule has 0 radical (unpaired) electrons. The summed E-state index contributed by atoms with van der Waals surface area (Å²) in [4.78, 5) is 12.0. The van der Waals surface area contributed by atoms with Gasteiger partial charge in [0, 0.05) is 12.4 Å². The minimum atomic E-state index is -0.523. The van der Waals surface area contributed by atoms with Crippen molar-refractivity contribution in [3.63, 3.8) is 0 Å². The zero-order valence-corrected chi connectivity index (χ0v) is 11.1. The summed E-state index contributed by atoms with van der Waals surface area (Å²) in [6, 6.07) is 8.80. The molecule has 2 rings (SSSR count). The Balaban J connectivity index is 2.24. The molecule has 1 unspecified atom stereocenters. The topological polar surface area (TPSA) is 72.9 Å². The highest BCUT2D eigenvalue weighted by Crippen LogP contribution is 2.19. The molecule has 5 nitrogen and oxygen atoms in total. The Morgan fingerprint density at radius 2 is 2.05 bits per heavy atom. The van der Waals surface area contributed by atoms with E-state index in [9.17, 15) is 4.79 Å². The van der Waals surface area contributed by atoms with Crippen LogP contribution in [-0.4, -0.2) is 21.7 Å². The quantitative estimate of drug-likeness (QED) is 0.878. The van der Waals surface area contributed by atoms with Crippen molar-refractivity contribution >= 4 is 11.6 Å². The predicted octanol–water partition coefficient (Wildman–Crippen LogP) is 1.79. The van der Waals surface area contributed by atoms with Crippen LogP contribution in [0.2, 0.25) is 0 Å². The van der Waals surface area contributed by atoms with Crippen molar-refractivity contribution in [3.8, 4) is 5.69 Å². The molecule has 0 bridgehead atoms. The van der Waals surface area contributed by atoms with Gasteiger partial charge in [0.15, 0.2) is 0 Å².